The van der Waals surface area contributed by atoms with Crippen LogP contribution in [0.4, 0.5) is 5.82 Å². The average molecular weight is 474 g/mol. The van der Waals surface area contributed by atoms with Crippen LogP contribution in [0.2, 0.25) is 10.0 Å². The Bertz CT molecular complexity index is 1530. The molecule has 0 unspecified atom stereocenters. The molecule has 0 aliphatic heterocycles. The zero-order valence-corrected chi connectivity index (χ0v) is 18.7. The van der Waals surface area contributed by atoms with Gasteiger partial charge in [0.2, 0.25) is 5.78 Å². The van der Waals surface area contributed by atoms with Gasteiger partial charge in [-0.15, -0.1) is 0 Å². The number of hydrogen-bond acceptors (Lipinski definition) is 3. The molecule has 33 heavy (non-hydrogen) atoms. The lowest BCUT2D eigenvalue weighted by Gasteiger charge is -2.09. The molecule has 0 bridgehead atoms. The maximum atomic E-state index is 13.8. The van der Waals surface area contributed by atoms with E-state index < -0.39 is 0 Å². The first-order valence-corrected chi connectivity index (χ1v) is 10.9. The van der Waals surface area contributed by atoms with Gasteiger partial charge in [-0.25, -0.2) is 0 Å². The molecule has 0 radical (unpaired) electrons. The minimum Gasteiger partial charge on any atom is -0.385 e. The summed E-state index contributed by atoms with van der Waals surface area (Å²) < 4.78 is 0. The number of carbonyl (C=O) groups is 2. The summed E-state index contributed by atoms with van der Waals surface area (Å²) in [6.07, 6.45) is 1.65. The van der Waals surface area contributed by atoms with E-state index in [-0.39, 0.29) is 28.6 Å². The lowest BCUT2D eigenvalue weighted by atomic mass is 9.93. The van der Waals surface area contributed by atoms with Crippen LogP contribution in [0.15, 0.2) is 79.0 Å². The summed E-state index contributed by atoms with van der Waals surface area (Å²) in [6.45, 7) is 0. The van der Waals surface area contributed by atoms with E-state index in [0.29, 0.717) is 32.3 Å². The van der Waals surface area contributed by atoms with E-state index in [4.69, 9.17) is 28.9 Å². The molecule has 0 saturated heterocycles. The van der Waals surface area contributed by atoms with Crippen molar-refractivity contribution in [1.29, 1.82) is 0 Å². The topological polar surface area (TPSA) is 91.7 Å². The van der Waals surface area contributed by atoms with Gasteiger partial charge in [0.1, 0.15) is 5.82 Å². The van der Waals surface area contributed by atoms with E-state index in [1.54, 1.807) is 48.7 Å². The number of ketones is 2. The standard InChI is InChI=1S/C26H17Cl2N3O2/c27-18-11-10-15(12-19(18)28)21-22(25(33)17-13-30-20-9-5-4-8-16(17)20)26(29)31-23(21)24(32)14-6-2-1-3-7-14/h1-13,30-31H,29H2. The number of benzene rings is 3. The fourth-order valence-corrected chi connectivity index (χ4v) is 4.29. The number of nitrogens with two attached hydrogens (primary N) is 1. The number of aromatic nitrogens is 2. The normalized spacial score (nSPS) is 11.1. The Hall–Kier alpha value is -3.80. The molecule has 2 heterocycles. The number of rotatable bonds is 5. The second-order valence-electron chi connectivity index (χ2n) is 7.56. The van der Waals surface area contributed by atoms with Crippen molar-refractivity contribution in [3.05, 3.63) is 111 Å². The van der Waals surface area contributed by atoms with Crippen molar-refractivity contribution in [3.8, 4) is 11.1 Å². The highest BCUT2D eigenvalue weighted by Crippen LogP contribution is 2.38. The van der Waals surface area contributed by atoms with E-state index in [0.717, 1.165) is 10.9 Å². The molecule has 7 heteroatoms. The monoisotopic (exact) mass is 473 g/mol. The fraction of sp³-hybridized carbons (Fsp3) is 0. The first-order chi connectivity index (χ1) is 16.0. The molecule has 5 aromatic rings. The Morgan fingerprint density at radius 2 is 1.55 bits per heavy atom. The molecule has 0 aliphatic carbocycles. The predicted molar refractivity (Wildman–Crippen MR) is 132 cm³/mol. The molecule has 0 aliphatic rings. The molecule has 0 spiro atoms. The van der Waals surface area contributed by atoms with Crippen LogP contribution in [0.3, 0.4) is 0 Å². The molecule has 0 atom stereocenters. The number of H-pyrrole nitrogens is 2. The number of anilines is 1. The van der Waals surface area contributed by atoms with Crippen LogP contribution in [0.25, 0.3) is 22.0 Å². The molecule has 0 amide bonds. The van der Waals surface area contributed by atoms with Crippen molar-refractivity contribution in [2.24, 2.45) is 0 Å². The lowest BCUT2D eigenvalue weighted by Crippen LogP contribution is -2.06. The number of nitrogen functional groups attached to an aromatic ring is 1. The van der Waals surface area contributed by atoms with Crippen LogP contribution < -0.4 is 5.73 Å². The number of aromatic amines is 2. The molecule has 5 nitrogen and oxygen atoms in total. The lowest BCUT2D eigenvalue weighted by molar-refractivity contribution is 0.103. The highest BCUT2D eigenvalue weighted by Gasteiger charge is 2.29. The van der Waals surface area contributed by atoms with Gasteiger partial charge in [0.25, 0.3) is 0 Å². The Kier molecular flexibility index (Phi) is 5.29. The number of hydrogen-bond donors (Lipinski definition) is 3. The highest BCUT2D eigenvalue weighted by atomic mass is 35.5. The Labute approximate surface area is 199 Å². The summed E-state index contributed by atoms with van der Waals surface area (Å²) in [7, 11) is 0. The van der Waals surface area contributed by atoms with Crippen molar-refractivity contribution < 1.29 is 9.59 Å². The van der Waals surface area contributed by atoms with Gasteiger partial charge in [-0.3, -0.25) is 9.59 Å². The van der Waals surface area contributed by atoms with Crippen LogP contribution in [-0.2, 0) is 0 Å². The molecule has 0 fully saturated rings. The van der Waals surface area contributed by atoms with Gasteiger partial charge in [0.15, 0.2) is 5.78 Å². The van der Waals surface area contributed by atoms with Crippen molar-refractivity contribution in [2.45, 2.75) is 0 Å². The summed E-state index contributed by atoms with van der Waals surface area (Å²) in [6, 6.07) is 21.2. The van der Waals surface area contributed by atoms with Crippen molar-refractivity contribution in [2.75, 3.05) is 5.73 Å². The van der Waals surface area contributed by atoms with E-state index in [9.17, 15) is 9.59 Å². The van der Waals surface area contributed by atoms with Gasteiger partial charge in [0, 0.05) is 33.8 Å². The summed E-state index contributed by atoms with van der Waals surface area (Å²) in [4.78, 5) is 33.3. The summed E-state index contributed by atoms with van der Waals surface area (Å²) in [5.41, 5.74) is 9.42. The van der Waals surface area contributed by atoms with E-state index in [1.807, 2.05) is 30.3 Å². The van der Waals surface area contributed by atoms with Gasteiger partial charge < -0.3 is 15.7 Å². The first-order valence-electron chi connectivity index (χ1n) is 10.1. The quantitative estimate of drug-likeness (QED) is 0.254. The van der Waals surface area contributed by atoms with Gasteiger partial charge in [-0.05, 0) is 23.8 Å². The summed E-state index contributed by atoms with van der Waals surface area (Å²) in [5.74, 6) is -0.499. The number of fused-ring (bicyclic) bond motifs is 1. The van der Waals surface area contributed by atoms with E-state index in [1.165, 1.54) is 0 Å². The number of carbonyl (C=O) groups excluding carboxylic acids is 2. The third kappa shape index (κ3) is 3.61. The smallest absolute Gasteiger partial charge is 0.209 e. The van der Waals surface area contributed by atoms with E-state index >= 15 is 0 Å². The molecular formula is C26H17Cl2N3O2. The van der Waals surface area contributed by atoms with Crippen LogP contribution in [-0.4, -0.2) is 21.5 Å². The SMILES string of the molecule is Nc1[nH]c(C(=O)c2ccccc2)c(-c2ccc(Cl)c(Cl)c2)c1C(=O)c1c[nH]c2ccccc12. The number of halogens is 2. The van der Waals surface area contributed by atoms with Crippen LogP contribution in [0, 0.1) is 0 Å². The highest BCUT2D eigenvalue weighted by molar-refractivity contribution is 6.42. The largest absolute Gasteiger partial charge is 0.385 e. The summed E-state index contributed by atoms with van der Waals surface area (Å²) in [5, 5.41) is 1.43. The van der Waals surface area contributed by atoms with Crippen LogP contribution in [0.5, 0.6) is 0 Å². The van der Waals surface area contributed by atoms with Crippen LogP contribution in [0.1, 0.15) is 32.0 Å². The van der Waals surface area contributed by atoms with Gasteiger partial charge in [0.05, 0.1) is 21.3 Å². The summed E-state index contributed by atoms with van der Waals surface area (Å²) >= 11 is 12.4. The Morgan fingerprint density at radius 1 is 0.818 bits per heavy atom. The van der Waals surface area contributed by atoms with Crippen molar-refractivity contribution in [1.82, 2.24) is 9.97 Å². The average Bonchev–Trinajstić information content (AvgIpc) is 3.42. The molecule has 2 aromatic heterocycles. The zero-order valence-electron chi connectivity index (χ0n) is 17.2. The number of nitrogens with one attached hydrogen (secondary N) is 2. The maximum absolute atomic E-state index is 13.8. The van der Waals surface area contributed by atoms with Gasteiger partial charge in [-0.1, -0.05) is 77.8 Å². The zero-order chi connectivity index (χ0) is 23.1. The second kappa shape index (κ2) is 8.28. The second-order valence-corrected chi connectivity index (χ2v) is 8.38. The minimum absolute atomic E-state index is 0.102. The Balaban J connectivity index is 1.76. The Morgan fingerprint density at radius 3 is 2.30 bits per heavy atom. The third-order valence-corrected chi connectivity index (χ3v) is 6.30. The maximum Gasteiger partial charge on any atom is 0.209 e. The first kappa shape index (κ1) is 21.1. The molecule has 5 rings (SSSR count). The molecule has 0 saturated carbocycles. The van der Waals surface area contributed by atoms with Crippen LogP contribution >= 0.6 is 23.2 Å². The number of para-hydroxylation sites is 1. The van der Waals surface area contributed by atoms with E-state index in [2.05, 4.69) is 9.97 Å². The predicted octanol–water partition coefficient (Wildman–Crippen LogP) is 6.51. The minimum atomic E-state index is -0.311. The molecular weight excluding hydrogens is 457 g/mol. The molecule has 4 N–H and O–H groups in total. The molecule has 162 valence electrons. The van der Waals surface area contributed by atoms with Crippen molar-refractivity contribution in [3.63, 3.8) is 0 Å². The van der Waals surface area contributed by atoms with Crippen molar-refractivity contribution >= 4 is 51.5 Å². The fourth-order valence-electron chi connectivity index (χ4n) is 3.99. The van der Waals surface area contributed by atoms with Gasteiger partial charge >= 0.3 is 0 Å². The van der Waals surface area contributed by atoms with Gasteiger partial charge in [-0.2, -0.15) is 0 Å². The molecule has 3 aromatic carbocycles. The third-order valence-electron chi connectivity index (χ3n) is 5.56.